The molecule has 3 atom stereocenters. The third-order valence-corrected chi connectivity index (χ3v) is 11.5. The third-order valence-electron chi connectivity index (χ3n) is 10.5. The number of unbranched alkanes of at least 4 members (excludes halogenated alkanes) is 27. The van der Waals surface area contributed by atoms with E-state index >= 15 is 0 Å². The van der Waals surface area contributed by atoms with Crippen LogP contribution >= 0.6 is 7.82 Å². The molecule has 9 heteroatoms. The predicted molar refractivity (Wildman–Crippen MR) is 231 cm³/mol. The van der Waals surface area contributed by atoms with Crippen LogP contribution in [0.4, 0.5) is 0 Å². The quantitative estimate of drug-likeness (QED) is 0.0246. The van der Waals surface area contributed by atoms with E-state index in [2.05, 4.69) is 31.3 Å². The summed E-state index contributed by atoms with van der Waals surface area (Å²) < 4.78 is 23.6. The van der Waals surface area contributed by atoms with Crippen LogP contribution in [0.3, 0.4) is 0 Å². The Bertz CT molecular complexity index is 896. The molecule has 0 aromatic heterocycles. The fraction of sp³-hybridized carbons (Fsp3) is 0.933. The van der Waals surface area contributed by atoms with Gasteiger partial charge in [0.2, 0.25) is 5.91 Å². The number of likely N-dealkylation sites (N-methyl/N-ethyl adjacent to an activating group) is 1. The molecule has 0 aliphatic heterocycles. The maximum absolute atomic E-state index is 12.9. The monoisotopic (exact) mass is 788 g/mol. The number of phosphoric ester groups is 1. The van der Waals surface area contributed by atoms with Crippen LogP contribution in [0.25, 0.3) is 0 Å². The number of aliphatic hydroxyl groups excluding tert-OH is 1. The molecule has 1 amide bonds. The first-order valence-corrected chi connectivity index (χ1v) is 24.5. The summed E-state index contributed by atoms with van der Waals surface area (Å²) in [5.41, 5.74) is 0. The number of allylic oxidation sites excluding steroid dienone is 2. The van der Waals surface area contributed by atoms with Crippen LogP contribution in [0.2, 0.25) is 0 Å². The topological polar surface area (TPSA) is 105 Å². The number of rotatable bonds is 42. The van der Waals surface area contributed by atoms with E-state index in [0.717, 1.165) is 44.9 Å². The van der Waals surface area contributed by atoms with Crippen molar-refractivity contribution in [2.24, 2.45) is 0 Å². The van der Waals surface area contributed by atoms with Crippen LogP contribution in [0.5, 0.6) is 0 Å². The van der Waals surface area contributed by atoms with E-state index in [1.165, 1.54) is 148 Å². The summed E-state index contributed by atoms with van der Waals surface area (Å²) in [5.74, 6) is -0.151. The zero-order chi connectivity index (χ0) is 40.0. The molecule has 0 bridgehead atoms. The maximum Gasteiger partial charge on any atom is 0.472 e. The first-order valence-electron chi connectivity index (χ1n) is 23.1. The second-order valence-corrected chi connectivity index (χ2v) is 18.6. The molecule has 0 aliphatic carbocycles. The Kier molecular flexibility index (Phi) is 37.3. The van der Waals surface area contributed by atoms with E-state index in [1.54, 1.807) is 0 Å². The van der Waals surface area contributed by atoms with Gasteiger partial charge in [0.25, 0.3) is 0 Å². The Morgan fingerprint density at radius 2 is 1.00 bits per heavy atom. The average Bonchev–Trinajstić information content (AvgIpc) is 3.12. The van der Waals surface area contributed by atoms with Crippen molar-refractivity contribution < 1.29 is 32.9 Å². The lowest BCUT2D eigenvalue weighted by atomic mass is 10.0. The molecule has 0 saturated heterocycles. The average molecular weight is 788 g/mol. The van der Waals surface area contributed by atoms with E-state index in [9.17, 15) is 19.4 Å². The molecule has 1 unspecified atom stereocenters. The molecule has 0 spiro atoms. The Labute approximate surface area is 335 Å². The van der Waals surface area contributed by atoms with Crippen LogP contribution in [-0.2, 0) is 18.4 Å². The summed E-state index contributed by atoms with van der Waals surface area (Å²) in [6.45, 7) is 4.88. The van der Waals surface area contributed by atoms with Crippen molar-refractivity contribution in [1.82, 2.24) is 5.32 Å². The van der Waals surface area contributed by atoms with Gasteiger partial charge < -0.3 is 19.8 Å². The zero-order valence-corrected chi connectivity index (χ0v) is 37.4. The minimum Gasteiger partial charge on any atom is -0.391 e. The Morgan fingerprint density at radius 1 is 0.611 bits per heavy atom. The van der Waals surface area contributed by atoms with Gasteiger partial charge in [-0.05, 0) is 38.5 Å². The highest BCUT2D eigenvalue weighted by molar-refractivity contribution is 7.47. The van der Waals surface area contributed by atoms with E-state index in [0.29, 0.717) is 23.9 Å². The molecule has 322 valence electrons. The summed E-state index contributed by atoms with van der Waals surface area (Å²) >= 11 is 0. The summed E-state index contributed by atoms with van der Waals surface area (Å²) in [4.78, 5) is 23.1. The van der Waals surface area contributed by atoms with Crippen molar-refractivity contribution in [3.8, 4) is 0 Å². The molecule has 8 nitrogen and oxygen atoms in total. The Balaban J connectivity index is 4.37. The SMILES string of the molecule is CCCCCCCCCCCCC/C=C/CCCC[C@@H](O)[C@H](COP(=O)(O)OCC[N+](C)(C)C)NC(=O)CCCCCCCCCCCCCCCCC. The van der Waals surface area contributed by atoms with Crippen molar-refractivity contribution in [2.45, 2.75) is 231 Å². The summed E-state index contributed by atoms with van der Waals surface area (Å²) in [5, 5.41) is 13.9. The van der Waals surface area contributed by atoms with Gasteiger partial charge in [0.1, 0.15) is 13.2 Å². The lowest BCUT2D eigenvalue weighted by molar-refractivity contribution is -0.870. The number of aliphatic hydroxyl groups is 1. The smallest absolute Gasteiger partial charge is 0.391 e. The second-order valence-electron chi connectivity index (χ2n) is 17.1. The maximum atomic E-state index is 12.9. The number of nitrogens with one attached hydrogen (secondary N) is 1. The van der Waals surface area contributed by atoms with Crippen LogP contribution < -0.4 is 5.32 Å². The molecule has 54 heavy (non-hydrogen) atoms. The van der Waals surface area contributed by atoms with Crippen molar-refractivity contribution in [1.29, 1.82) is 0 Å². The molecule has 0 radical (unpaired) electrons. The van der Waals surface area contributed by atoms with Gasteiger partial charge in [-0.25, -0.2) is 4.57 Å². The van der Waals surface area contributed by atoms with Crippen molar-refractivity contribution in [2.75, 3.05) is 40.9 Å². The summed E-state index contributed by atoms with van der Waals surface area (Å²) in [7, 11) is 1.61. The molecule has 3 N–H and O–H groups in total. The van der Waals surface area contributed by atoms with Gasteiger partial charge in [0.05, 0.1) is 39.9 Å². The van der Waals surface area contributed by atoms with Crippen LogP contribution in [-0.4, -0.2) is 73.4 Å². The first kappa shape index (κ1) is 53.2. The molecule has 0 fully saturated rings. The Morgan fingerprint density at radius 3 is 1.43 bits per heavy atom. The molecule has 0 aliphatic rings. The van der Waals surface area contributed by atoms with Gasteiger partial charge in [-0.1, -0.05) is 187 Å². The lowest BCUT2D eigenvalue weighted by Gasteiger charge is -2.26. The van der Waals surface area contributed by atoms with E-state index in [-0.39, 0.29) is 19.1 Å². The van der Waals surface area contributed by atoms with E-state index < -0.39 is 20.0 Å². The number of hydrogen-bond donors (Lipinski definition) is 3. The number of hydrogen-bond acceptors (Lipinski definition) is 5. The predicted octanol–water partition coefficient (Wildman–Crippen LogP) is 12.8. The summed E-state index contributed by atoms with van der Waals surface area (Å²) in [6, 6.07) is -0.770. The lowest BCUT2D eigenvalue weighted by Crippen LogP contribution is -2.46. The highest BCUT2D eigenvalue weighted by Crippen LogP contribution is 2.43. The minimum absolute atomic E-state index is 0.0722. The molecule has 0 saturated carbocycles. The van der Waals surface area contributed by atoms with E-state index in [1.807, 2.05) is 21.1 Å². The van der Waals surface area contributed by atoms with Gasteiger partial charge in [-0.15, -0.1) is 0 Å². The zero-order valence-electron chi connectivity index (χ0n) is 36.5. The highest BCUT2D eigenvalue weighted by atomic mass is 31.2. The van der Waals surface area contributed by atoms with Crippen molar-refractivity contribution >= 4 is 13.7 Å². The van der Waals surface area contributed by atoms with Gasteiger partial charge in [-0.2, -0.15) is 0 Å². The molecule has 0 rings (SSSR count). The van der Waals surface area contributed by atoms with Gasteiger partial charge in [0.15, 0.2) is 0 Å². The fourth-order valence-electron chi connectivity index (χ4n) is 6.81. The summed E-state index contributed by atoms with van der Waals surface area (Å²) in [6.07, 6.45) is 42.4. The molecule has 0 aromatic carbocycles. The number of quaternary nitrogens is 1. The van der Waals surface area contributed by atoms with Crippen molar-refractivity contribution in [3.05, 3.63) is 12.2 Å². The number of phosphoric acid groups is 1. The largest absolute Gasteiger partial charge is 0.472 e. The Hall–Kier alpha value is -0.760. The van der Waals surface area contributed by atoms with Crippen LogP contribution in [0.15, 0.2) is 12.2 Å². The minimum atomic E-state index is -4.32. The number of nitrogens with zero attached hydrogens (tertiary/aromatic N) is 1. The molecule has 0 aromatic rings. The van der Waals surface area contributed by atoms with Crippen molar-refractivity contribution in [3.63, 3.8) is 0 Å². The van der Waals surface area contributed by atoms with Gasteiger partial charge >= 0.3 is 7.82 Å². The molecule has 0 heterocycles. The number of amides is 1. The second kappa shape index (κ2) is 37.8. The molecular formula is C45H92N2O6P+. The third kappa shape index (κ3) is 39.5. The fourth-order valence-corrected chi connectivity index (χ4v) is 7.54. The normalized spacial score (nSPS) is 14.4. The standard InChI is InChI=1S/C45H91N2O6P/c1-6-8-10-12-14-16-18-20-22-23-25-26-28-30-32-34-36-38-44(48)43(42-53-54(50,51)52-41-40-47(3,4)5)46-45(49)39-37-35-33-31-29-27-24-21-19-17-15-13-11-9-7-2/h28,30,43-44,48H,6-27,29,31-42H2,1-5H3,(H-,46,49,50,51)/p+1/b30-28+/t43-,44+/m0/s1. The van der Waals surface area contributed by atoms with Crippen LogP contribution in [0, 0.1) is 0 Å². The van der Waals surface area contributed by atoms with Gasteiger partial charge in [0, 0.05) is 6.42 Å². The molecular weight excluding hydrogens is 695 g/mol. The van der Waals surface area contributed by atoms with E-state index in [4.69, 9.17) is 9.05 Å². The number of carbonyl (C=O) groups is 1. The highest BCUT2D eigenvalue weighted by Gasteiger charge is 2.28. The van der Waals surface area contributed by atoms with Gasteiger partial charge in [-0.3, -0.25) is 13.8 Å². The number of carbonyl (C=O) groups excluding carboxylic acids is 1. The first-order chi connectivity index (χ1) is 26.0. The van der Waals surface area contributed by atoms with Crippen LogP contribution in [0.1, 0.15) is 219 Å².